The predicted molar refractivity (Wildman–Crippen MR) is 139 cm³/mol. The minimum Gasteiger partial charge on any atom is -0.493 e. The topological polar surface area (TPSA) is 78.2 Å². The highest BCUT2D eigenvalue weighted by atomic mass is 16.5. The molecule has 0 saturated heterocycles. The third-order valence-corrected chi connectivity index (χ3v) is 5.59. The molecule has 3 rings (SSSR count). The number of methoxy groups -OCH3 is 2. The summed E-state index contributed by atoms with van der Waals surface area (Å²) in [6.45, 7) is 4.37. The standard InChI is InChI=1S/C28H35N3O5/c1-5-17-35-21-23(32)19-30(16-18-33-3)20-24-25(6-2)29-31(22-12-8-7-9-13-22)28(24)36-27-15-11-10-14-26(27)34-4/h1,7-15,23,32H,6,16-21H2,2-4H3/t23-/m0/s1. The Morgan fingerprint density at radius 3 is 2.47 bits per heavy atom. The van der Waals surface area contributed by atoms with E-state index in [1.54, 1.807) is 14.2 Å². The summed E-state index contributed by atoms with van der Waals surface area (Å²) in [7, 11) is 3.27. The van der Waals surface area contributed by atoms with Gasteiger partial charge in [-0.05, 0) is 30.7 Å². The molecule has 0 fully saturated rings. The van der Waals surface area contributed by atoms with Gasteiger partial charge in [0.1, 0.15) is 6.61 Å². The Balaban J connectivity index is 2.00. The second-order valence-electron chi connectivity index (χ2n) is 8.19. The Morgan fingerprint density at radius 2 is 1.81 bits per heavy atom. The SMILES string of the molecule is C#CCOC[C@@H](O)CN(CCOC)Cc1c(CC)nn(-c2ccccc2)c1Oc1ccccc1OC. The lowest BCUT2D eigenvalue weighted by atomic mass is 10.1. The summed E-state index contributed by atoms with van der Waals surface area (Å²) in [4.78, 5) is 2.11. The molecule has 0 radical (unpaired) electrons. The lowest BCUT2D eigenvalue weighted by Gasteiger charge is -2.25. The van der Waals surface area contributed by atoms with E-state index >= 15 is 0 Å². The van der Waals surface area contributed by atoms with E-state index in [2.05, 4.69) is 17.7 Å². The number of aryl methyl sites for hydroxylation is 1. The fourth-order valence-electron chi connectivity index (χ4n) is 3.86. The molecule has 2 aromatic carbocycles. The summed E-state index contributed by atoms with van der Waals surface area (Å²) in [5.74, 6) is 4.23. The second kappa shape index (κ2) is 14.3. The summed E-state index contributed by atoms with van der Waals surface area (Å²) in [5, 5.41) is 15.5. The minimum absolute atomic E-state index is 0.155. The summed E-state index contributed by atoms with van der Waals surface area (Å²) < 4.78 is 24.5. The maximum atomic E-state index is 10.6. The number of aliphatic hydroxyl groups is 1. The van der Waals surface area contributed by atoms with Crippen molar-refractivity contribution in [2.24, 2.45) is 0 Å². The minimum atomic E-state index is -0.706. The van der Waals surface area contributed by atoms with Crippen molar-refractivity contribution in [2.45, 2.75) is 26.0 Å². The van der Waals surface area contributed by atoms with Crippen LogP contribution in [0.25, 0.3) is 5.69 Å². The average molecular weight is 494 g/mol. The Hall–Kier alpha value is -3.35. The lowest BCUT2D eigenvalue weighted by molar-refractivity contribution is 0.0205. The van der Waals surface area contributed by atoms with Crippen molar-refractivity contribution in [1.29, 1.82) is 0 Å². The normalized spacial score (nSPS) is 11.9. The Labute approximate surface area is 213 Å². The van der Waals surface area contributed by atoms with Crippen LogP contribution in [0.5, 0.6) is 17.4 Å². The maximum Gasteiger partial charge on any atom is 0.227 e. The zero-order valence-electron chi connectivity index (χ0n) is 21.2. The van der Waals surface area contributed by atoms with Crippen LogP contribution in [0.1, 0.15) is 18.2 Å². The van der Waals surface area contributed by atoms with E-state index in [1.807, 2.05) is 59.3 Å². The number of ether oxygens (including phenoxy) is 4. The molecule has 3 aromatic rings. The number of benzene rings is 2. The van der Waals surface area contributed by atoms with Crippen molar-refractivity contribution < 1.29 is 24.1 Å². The third-order valence-electron chi connectivity index (χ3n) is 5.59. The van der Waals surface area contributed by atoms with Gasteiger partial charge in [-0.1, -0.05) is 43.2 Å². The molecule has 36 heavy (non-hydrogen) atoms. The van der Waals surface area contributed by atoms with Crippen LogP contribution in [-0.2, 0) is 22.4 Å². The number of terminal acetylenes is 1. The average Bonchev–Trinajstić information content (AvgIpc) is 3.25. The number of aliphatic hydroxyl groups excluding tert-OH is 1. The van der Waals surface area contributed by atoms with Crippen molar-refractivity contribution in [1.82, 2.24) is 14.7 Å². The van der Waals surface area contributed by atoms with Crippen LogP contribution in [0.2, 0.25) is 0 Å². The van der Waals surface area contributed by atoms with Gasteiger partial charge in [-0.2, -0.15) is 5.10 Å². The van der Waals surface area contributed by atoms with Crippen molar-refractivity contribution >= 4 is 0 Å². The zero-order chi connectivity index (χ0) is 25.8. The number of nitrogens with zero attached hydrogens (tertiary/aromatic N) is 3. The highest BCUT2D eigenvalue weighted by Crippen LogP contribution is 2.36. The number of hydrogen-bond acceptors (Lipinski definition) is 7. The van der Waals surface area contributed by atoms with Gasteiger partial charge in [0.25, 0.3) is 0 Å². The van der Waals surface area contributed by atoms with E-state index in [1.165, 1.54) is 0 Å². The highest BCUT2D eigenvalue weighted by Gasteiger charge is 2.24. The van der Waals surface area contributed by atoms with Gasteiger partial charge in [0.2, 0.25) is 5.88 Å². The Kier molecular flexibility index (Phi) is 10.8. The zero-order valence-corrected chi connectivity index (χ0v) is 21.2. The van der Waals surface area contributed by atoms with Crippen LogP contribution in [0, 0.1) is 12.3 Å². The molecule has 0 bridgehead atoms. The van der Waals surface area contributed by atoms with Crippen LogP contribution in [0.3, 0.4) is 0 Å². The van der Waals surface area contributed by atoms with Gasteiger partial charge in [-0.25, -0.2) is 4.68 Å². The van der Waals surface area contributed by atoms with Gasteiger partial charge in [0, 0.05) is 26.7 Å². The molecule has 0 saturated carbocycles. The second-order valence-corrected chi connectivity index (χ2v) is 8.19. The molecule has 1 aromatic heterocycles. The maximum absolute atomic E-state index is 10.6. The number of para-hydroxylation sites is 3. The lowest BCUT2D eigenvalue weighted by Crippen LogP contribution is -2.36. The van der Waals surface area contributed by atoms with Gasteiger partial charge in [0.15, 0.2) is 11.5 Å². The third kappa shape index (κ3) is 7.33. The van der Waals surface area contributed by atoms with E-state index in [-0.39, 0.29) is 13.2 Å². The van der Waals surface area contributed by atoms with Crippen LogP contribution >= 0.6 is 0 Å². The Morgan fingerprint density at radius 1 is 1.08 bits per heavy atom. The number of rotatable bonds is 15. The van der Waals surface area contributed by atoms with E-state index in [4.69, 9.17) is 30.5 Å². The van der Waals surface area contributed by atoms with E-state index < -0.39 is 6.10 Å². The molecule has 8 heteroatoms. The molecular formula is C28H35N3O5. The molecule has 0 aliphatic heterocycles. The molecule has 0 spiro atoms. The fourth-order valence-corrected chi connectivity index (χ4v) is 3.86. The van der Waals surface area contributed by atoms with Gasteiger partial charge in [-0.3, -0.25) is 4.90 Å². The molecule has 0 unspecified atom stereocenters. The van der Waals surface area contributed by atoms with Crippen LogP contribution in [0.15, 0.2) is 54.6 Å². The first kappa shape index (κ1) is 27.2. The highest BCUT2D eigenvalue weighted by molar-refractivity contribution is 5.47. The van der Waals surface area contributed by atoms with Gasteiger partial charge < -0.3 is 24.1 Å². The number of aromatic nitrogens is 2. The first-order valence-electron chi connectivity index (χ1n) is 12.0. The first-order chi connectivity index (χ1) is 17.6. The van der Waals surface area contributed by atoms with Crippen molar-refractivity contribution in [2.75, 3.05) is 47.1 Å². The molecule has 0 amide bonds. The summed E-state index contributed by atoms with van der Waals surface area (Å²) in [6, 6.07) is 17.4. The van der Waals surface area contributed by atoms with Gasteiger partial charge in [0.05, 0.1) is 43.4 Å². The summed E-state index contributed by atoms with van der Waals surface area (Å²) in [6.07, 6.45) is 5.26. The quantitative estimate of drug-likeness (QED) is 0.256. The molecular weight excluding hydrogens is 458 g/mol. The molecule has 8 nitrogen and oxygen atoms in total. The fraction of sp³-hybridized carbons (Fsp3) is 0.393. The van der Waals surface area contributed by atoms with Crippen LogP contribution in [-0.4, -0.2) is 73.0 Å². The monoisotopic (exact) mass is 493 g/mol. The smallest absolute Gasteiger partial charge is 0.227 e. The van der Waals surface area contributed by atoms with Crippen molar-refractivity contribution in [3.05, 3.63) is 65.9 Å². The van der Waals surface area contributed by atoms with E-state index in [9.17, 15) is 5.11 Å². The predicted octanol–water partition coefficient (Wildman–Crippen LogP) is 3.69. The van der Waals surface area contributed by atoms with E-state index in [0.29, 0.717) is 50.0 Å². The van der Waals surface area contributed by atoms with Crippen molar-refractivity contribution in [3.8, 4) is 35.4 Å². The molecule has 1 atom stereocenters. The molecule has 1 N–H and O–H groups in total. The Bertz CT molecular complexity index is 1110. The van der Waals surface area contributed by atoms with Gasteiger partial charge in [-0.15, -0.1) is 6.42 Å². The van der Waals surface area contributed by atoms with E-state index in [0.717, 1.165) is 16.9 Å². The van der Waals surface area contributed by atoms with Crippen LogP contribution < -0.4 is 9.47 Å². The molecule has 192 valence electrons. The van der Waals surface area contributed by atoms with Gasteiger partial charge >= 0.3 is 0 Å². The molecule has 0 aliphatic carbocycles. The molecule has 1 heterocycles. The molecule has 0 aliphatic rings. The summed E-state index contributed by atoms with van der Waals surface area (Å²) >= 11 is 0. The van der Waals surface area contributed by atoms with Crippen LogP contribution in [0.4, 0.5) is 0 Å². The first-order valence-corrected chi connectivity index (χ1v) is 12.0. The number of hydrogen-bond donors (Lipinski definition) is 1. The largest absolute Gasteiger partial charge is 0.493 e. The van der Waals surface area contributed by atoms with Crippen molar-refractivity contribution in [3.63, 3.8) is 0 Å². The summed E-state index contributed by atoms with van der Waals surface area (Å²) in [5.41, 5.74) is 2.72.